The highest BCUT2D eigenvalue weighted by Gasteiger charge is 2.41. The molecule has 1 aromatic carbocycles. The minimum Gasteiger partial charge on any atom is -0.398 e. The summed E-state index contributed by atoms with van der Waals surface area (Å²) in [4.78, 5) is 0. The van der Waals surface area contributed by atoms with Crippen molar-refractivity contribution in [3.8, 4) is 11.4 Å². The van der Waals surface area contributed by atoms with Gasteiger partial charge in [0.2, 0.25) is 0 Å². The number of aryl methyl sites for hydroxylation is 1. The molecule has 1 heterocycles. The van der Waals surface area contributed by atoms with Crippen LogP contribution in [0.1, 0.15) is 32.3 Å². The van der Waals surface area contributed by atoms with Gasteiger partial charge >= 0.3 is 0 Å². The van der Waals surface area contributed by atoms with Crippen LogP contribution in [-0.4, -0.2) is 20.2 Å². The van der Waals surface area contributed by atoms with E-state index in [1.165, 1.54) is 12.8 Å². The molecule has 0 aliphatic heterocycles. The van der Waals surface area contributed by atoms with E-state index >= 15 is 0 Å². The Morgan fingerprint density at radius 3 is 2.74 bits per heavy atom. The lowest BCUT2D eigenvalue weighted by Gasteiger charge is -2.25. The van der Waals surface area contributed by atoms with Gasteiger partial charge in [0.05, 0.1) is 5.54 Å². The van der Waals surface area contributed by atoms with Gasteiger partial charge in [0.25, 0.3) is 0 Å². The van der Waals surface area contributed by atoms with Crippen LogP contribution < -0.4 is 5.73 Å². The van der Waals surface area contributed by atoms with Gasteiger partial charge in [0, 0.05) is 11.3 Å². The van der Waals surface area contributed by atoms with Gasteiger partial charge in [-0.3, -0.25) is 0 Å². The van der Waals surface area contributed by atoms with Gasteiger partial charge in [-0.1, -0.05) is 11.6 Å². The highest BCUT2D eigenvalue weighted by Crippen LogP contribution is 2.44. The molecule has 1 fully saturated rings. The maximum atomic E-state index is 6.08. The molecule has 0 spiro atoms. The van der Waals surface area contributed by atoms with E-state index in [4.69, 9.17) is 5.73 Å². The van der Waals surface area contributed by atoms with E-state index in [0.717, 1.165) is 17.0 Å². The average molecular weight is 257 g/mol. The molecule has 3 rings (SSSR count). The lowest BCUT2D eigenvalue weighted by atomic mass is 9.98. The third kappa shape index (κ3) is 1.99. The summed E-state index contributed by atoms with van der Waals surface area (Å²) in [6.07, 6.45) is 2.49. The summed E-state index contributed by atoms with van der Waals surface area (Å²) >= 11 is 0. The standard InChI is InChI=1S/C14H19N5/c1-9-4-7-12(15)11(8-9)13-16-17-18-19(13)14(2,3)10-5-6-10/h4,7-8,10H,5-6,15H2,1-3H3. The molecule has 2 aromatic rings. The van der Waals surface area contributed by atoms with E-state index in [1.807, 2.05) is 29.8 Å². The van der Waals surface area contributed by atoms with Crippen LogP contribution in [0.25, 0.3) is 11.4 Å². The second-order valence-electron chi connectivity index (χ2n) is 5.93. The number of hydrogen-bond acceptors (Lipinski definition) is 4. The average Bonchev–Trinajstić information content (AvgIpc) is 3.11. The van der Waals surface area contributed by atoms with Gasteiger partial charge in [-0.2, -0.15) is 0 Å². The molecule has 1 aliphatic rings. The number of nitrogen functional groups attached to an aromatic ring is 1. The van der Waals surface area contributed by atoms with Gasteiger partial charge in [-0.25, -0.2) is 4.68 Å². The molecule has 0 atom stereocenters. The van der Waals surface area contributed by atoms with Gasteiger partial charge in [0.1, 0.15) is 0 Å². The lowest BCUT2D eigenvalue weighted by molar-refractivity contribution is 0.271. The fraction of sp³-hybridized carbons (Fsp3) is 0.500. The van der Waals surface area contributed by atoms with E-state index in [1.54, 1.807) is 0 Å². The monoisotopic (exact) mass is 257 g/mol. The molecule has 19 heavy (non-hydrogen) atoms. The molecule has 0 unspecified atom stereocenters. The Bertz CT molecular complexity index is 610. The quantitative estimate of drug-likeness (QED) is 0.857. The molecule has 1 aromatic heterocycles. The number of benzene rings is 1. The van der Waals surface area contributed by atoms with Crippen molar-refractivity contribution in [3.05, 3.63) is 23.8 Å². The van der Waals surface area contributed by atoms with Crippen molar-refractivity contribution in [2.45, 2.75) is 39.2 Å². The van der Waals surface area contributed by atoms with Crippen LogP contribution in [0.4, 0.5) is 5.69 Å². The molecule has 5 nitrogen and oxygen atoms in total. The first kappa shape index (κ1) is 12.1. The normalized spacial score (nSPS) is 15.7. The van der Waals surface area contributed by atoms with E-state index in [9.17, 15) is 0 Å². The highest BCUT2D eigenvalue weighted by molar-refractivity contribution is 5.72. The second kappa shape index (κ2) is 4.05. The summed E-state index contributed by atoms with van der Waals surface area (Å²) in [7, 11) is 0. The number of aromatic nitrogens is 4. The molecule has 0 bridgehead atoms. The van der Waals surface area contributed by atoms with E-state index < -0.39 is 0 Å². The first-order valence-corrected chi connectivity index (χ1v) is 6.65. The third-order valence-electron chi connectivity index (χ3n) is 4.04. The molecule has 2 N–H and O–H groups in total. The number of tetrazole rings is 1. The van der Waals surface area contributed by atoms with Crippen molar-refractivity contribution in [1.29, 1.82) is 0 Å². The van der Waals surface area contributed by atoms with Crippen molar-refractivity contribution in [2.24, 2.45) is 5.92 Å². The van der Waals surface area contributed by atoms with Crippen LogP contribution in [0.5, 0.6) is 0 Å². The molecule has 0 amide bonds. The number of nitrogens with zero attached hydrogens (tertiary/aromatic N) is 4. The van der Waals surface area contributed by atoms with Crippen LogP contribution in [-0.2, 0) is 5.54 Å². The van der Waals surface area contributed by atoms with Crippen molar-refractivity contribution >= 4 is 5.69 Å². The first-order chi connectivity index (χ1) is 9.00. The zero-order valence-corrected chi connectivity index (χ0v) is 11.6. The zero-order valence-electron chi connectivity index (χ0n) is 11.6. The van der Waals surface area contributed by atoms with Crippen molar-refractivity contribution in [1.82, 2.24) is 20.2 Å². The Morgan fingerprint density at radius 1 is 1.32 bits per heavy atom. The van der Waals surface area contributed by atoms with Crippen LogP contribution >= 0.6 is 0 Å². The maximum Gasteiger partial charge on any atom is 0.184 e. The zero-order chi connectivity index (χ0) is 13.6. The molecule has 0 radical (unpaired) electrons. The van der Waals surface area contributed by atoms with E-state index in [0.29, 0.717) is 11.6 Å². The van der Waals surface area contributed by atoms with Gasteiger partial charge in [-0.05, 0) is 62.1 Å². The molecular formula is C14H19N5. The van der Waals surface area contributed by atoms with Gasteiger partial charge < -0.3 is 5.73 Å². The molecule has 1 saturated carbocycles. The number of anilines is 1. The minimum atomic E-state index is -0.0605. The topological polar surface area (TPSA) is 69.6 Å². The Hall–Kier alpha value is -1.91. The predicted molar refractivity (Wildman–Crippen MR) is 74.4 cm³/mol. The first-order valence-electron chi connectivity index (χ1n) is 6.65. The molecular weight excluding hydrogens is 238 g/mol. The number of rotatable bonds is 3. The number of nitrogens with two attached hydrogens (primary N) is 1. The Labute approximate surface area is 112 Å². The van der Waals surface area contributed by atoms with Crippen LogP contribution in [0, 0.1) is 12.8 Å². The van der Waals surface area contributed by atoms with Crippen molar-refractivity contribution in [2.75, 3.05) is 5.73 Å². The largest absolute Gasteiger partial charge is 0.398 e. The van der Waals surface area contributed by atoms with Crippen molar-refractivity contribution < 1.29 is 0 Å². The predicted octanol–water partition coefficient (Wildman–Crippen LogP) is 2.38. The molecule has 5 heteroatoms. The van der Waals surface area contributed by atoms with Crippen molar-refractivity contribution in [3.63, 3.8) is 0 Å². The molecule has 0 saturated heterocycles. The van der Waals surface area contributed by atoms with Gasteiger partial charge in [-0.15, -0.1) is 5.10 Å². The van der Waals surface area contributed by atoms with Gasteiger partial charge in [0.15, 0.2) is 5.82 Å². The Kier molecular flexibility index (Phi) is 2.59. The summed E-state index contributed by atoms with van der Waals surface area (Å²) in [5, 5.41) is 12.2. The fourth-order valence-electron chi connectivity index (χ4n) is 2.57. The summed E-state index contributed by atoms with van der Waals surface area (Å²) < 4.78 is 1.93. The lowest BCUT2D eigenvalue weighted by Crippen LogP contribution is -2.30. The summed E-state index contributed by atoms with van der Waals surface area (Å²) in [6, 6.07) is 5.95. The summed E-state index contributed by atoms with van der Waals surface area (Å²) in [5.41, 5.74) is 8.80. The van der Waals surface area contributed by atoms with Crippen LogP contribution in [0.3, 0.4) is 0 Å². The fourth-order valence-corrected chi connectivity index (χ4v) is 2.57. The van der Waals surface area contributed by atoms with E-state index in [-0.39, 0.29) is 5.54 Å². The van der Waals surface area contributed by atoms with Crippen LogP contribution in [0.2, 0.25) is 0 Å². The van der Waals surface area contributed by atoms with E-state index in [2.05, 4.69) is 29.4 Å². The number of hydrogen-bond donors (Lipinski definition) is 1. The maximum absolute atomic E-state index is 6.08. The third-order valence-corrected chi connectivity index (χ3v) is 4.04. The SMILES string of the molecule is Cc1ccc(N)c(-c2nnnn2C(C)(C)C2CC2)c1. The summed E-state index contributed by atoms with van der Waals surface area (Å²) in [5.74, 6) is 1.42. The highest BCUT2D eigenvalue weighted by atomic mass is 15.6. The van der Waals surface area contributed by atoms with Crippen LogP contribution in [0.15, 0.2) is 18.2 Å². The molecule has 1 aliphatic carbocycles. The summed E-state index contributed by atoms with van der Waals surface area (Å²) in [6.45, 7) is 6.43. The smallest absolute Gasteiger partial charge is 0.184 e. The Balaban J connectivity index is 2.11. The Morgan fingerprint density at radius 2 is 2.05 bits per heavy atom. The molecule has 100 valence electrons. The minimum absolute atomic E-state index is 0.0605. The second-order valence-corrected chi connectivity index (χ2v) is 5.93.